The molecule has 1 aliphatic carbocycles. The van der Waals surface area contributed by atoms with E-state index in [2.05, 4.69) is 0 Å². The fourth-order valence-corrected chi connectivity index (χ4v) is 3.04. The van der Waals surface area contributed by atoms with Crippen molar-refractivity contribution in [3.05, 3.63) is 64.7 Å². The van der Waals surface area contributed by atoms with Gasteiger partial charge in [-0.15, -0.1) is 0 Å². The molecule has 18 heavy (non-hydrogen) atoms. The van der Waals surface area contributed by atoms with E-state index in [1.54, 1.807) is 42.5 Å². The van der Waals surface area contributed by atoms with Crippen molar-refractivity contribution in [3.8, 4) is 0 Å². The predicted octanol–water partition coefficient (Wildman–Crippen LogP) is 1.68. The van der Waals surface area contributed by atoms with Crippen LogP contribution in [0.2, 0.25) is 0 Å². The van der Waals surface area contributed by atoms with Gasteiger partial charge in [-0.25, -0.2) is 0 Å². The molecule has 0 aromatic heterocycles. The Balaban J connectivity index is 2.34. The van der Waals surface area contributed by atoms with E-state index < -0.39 is 15.4 Å². The zero-order chi connectivity index (χ0) is 12.7. The van der Waals surface area contributed by atoms with Gasteiger partial charge in [0.05, 0.1) is 0 Å². The molecule has 0 unspecified atom stereocenters. The second-order valence-corrected chi connectivity index (χ2v) is 5.21. The van der Waals surface area contributed by atoms with Gasteiger partial charge in [0.2, 0.25) is 0 Å². The number of fused-ring (bicyclic) bond motifs is 2. The van der Waals surface area contributed by atoms with Crippen molar-refractivity contribution in [2.24, 2.45) is 0 Å². The molecule has 3 rings (SSSR count). The van der Waals surface area contributed by atoms with Gasteiger partial charge in [0.1, 0.15) is 0 Å². The van der Waals surface area contributed by atoms with Gasteiger partial charge >= 0.3 is 109 Å². The van der Waals surface area contributed by atoms with E-state index in [-0.39, 0.29) is 17.1 Å². The summed E-state index contributed by atoms with van der Waals surface area (Å²) in [5.41, 5.74) is 1.32. The predicted molar refractivity (Wildman–Crippen MR) is 66.2 cm³/mol. The molecule has 2 aromatic carbocycles. The van der Waals surface area contributed by atoms with E-state index in [0.717, 1.165) is 0 Å². The minimum absolute atomic E-state index is 0.202. The van der Waals surface area contributed by atoms with Crippen LogP contribution < -0.4 is 4.46 Å². The molecule has 2 aromatic rings. The number of ketones is 2. The SMILES string of the molecule is O=C1c2ccccc2C(=O)c2c([Se]F)cccc21. The van der Waals surface area contributed by atoms with Crippen LogP contribution in [0.1, 0.15) is 31.8 Å². The molecular weight excluding hydrogens is 298 g/mol. The van der Waals surface area contributed by atoms with Crippen LogP contribution in [-0.2, 0) is 0 Å². The van der Waals surface area contributed by atoms with Crippen LogP contribution in [0.15, 0.2) is 42.5 Å². The second kappa shape index (κ2) is 4.16. The second-order valence-electron chi connectivity index (χ2n) is 3.96. The molecule has 0 fully saturated rings. The molecule has 0 amide bonds. The fourth-order valence-electron chi connectivity index (χ4n) is 2.18. The maximum atomic E-state index is 13.0. The Morgan fingerprint density at radius 1 is 0.778 bits per heavy atom. The zero-order valence-corrected chi connectivity index (χ0v) is 10.9. The van der Waals surface area contributed by atoms with Crippen molar-refractivity contribution >= 4 is 31.4 Å². The fraction of sp³-hybridized carbons (Fsp3) is 0. The van der Waals surface area contributed by atoms with E-state index >= 15 is 0 Å². The zero-order valence-electron chi connectivity index (χ0n) is 9.14. The number of carbonyl (C=O) groups excluding carboxylic acids is 2. The van der Waals surface area contributed by atoms with Crippen molar-refractivity contribution in [2.45, 2.75) is 0 Å². The summed E-state index contributed by atoms with van der Waals surface area (Å²) in [6.07, 6.45) is 0. The van der Waals surface area contributed by atoms with Crippen molar-refractivity contribution in [1.82, 2.24) is 0 Å². The number of hydrogen-bond donors (Lipinski definition) is 0. The number of carbonyl (C=O) groups is 2. The number of benzene rings is 2. The molecule has 2 nitrogen and oxygen atoms in total. The first-order valence-electron chi connectivity index (χ1n) is 5.34. The Morgan fingerprint density at radius 2 is 1.39 bits per heavy atom. The van der Waals surface area contributed by atoms with Crippen molar-refractivity contribution < 1.29 is 13.1 Å². The van der Waals surface area contributed by atoms with Crippen LogP contribution in [0, 0.1) is 0 Å². The minimum atomic E-state index is -1.30. The molecule has 0 bridgehead atoms. The molecular formula is C14H7FO2Se. The quantitative estimate of drug-likeness (QED) is 0.641. The van der Waals surface area contributed by atoms with Gasteiger partial charge in [0.15, 0.2) is 0 Å². The number of halogens is 1. The molecule has 0 radical (unpaired) electrons. The molecule has 4 heteroatoms. The van der Waals surface area contributed by atoms with Crippen molar-refractivity contribution in [3.63, 3.8) is 0 Å². The average molecular weight is 305 g/mol. The summed E-state index contributed by atoms with van der Waals surface area (Å²) in [5.74, 6) is -0.457. The third-order valence-corrected chi connectivity index (χ3v) is 4.06. The Labute approximate surface area is 109 Å². The van der Waals surface area contributed by atoms with E-state index in [1.165, 1.54) is 0 Å². The molecule has 0 aliphatic heterocycles. The monoisotopic (exact) mass is 306 g/mol. The molecule has 0 heterocycles. The molecule has 0 N–H and O–H groups in total. The third-order valence-electron chi connectivity index (χ3n) is 3.00. The van der Waals surface area contributed by atoms with E-state index in [9.17, 15) is 13.1 Å². The van der Waals surface area contributed by atoms with Gasteiger partial charge in [-0.05, 0) is 0 Å². The first kappa shape index (κ1) is 11.3. The van der Waals surface area contributed by atoms with Gasteiger partial charge in [0, 0.05) is 0 Å². The Hall–Kier alpha value is -1.77. The van der Waals surface area contributed by atoms with E-state index in [0.29, 0.717) is 21.2 Å². The molecule has 0 spiro atoms. The molecule has 0 saturated carbocycles. The van der Waals surface area contributed by atoms with Crippen LogP contribution in [0.3, 0.4) is 0 Å². The standard InChI is InChI=1S/C14H7FO2Se/c15-18-11-7-3-6-10-12(11)14(17)9-5-2-1-4-8(9)13(10)16/h1-7H. The Morgan fingerprint density at radius 3 is 2.06 bits per heavy atom. The summed E-state index contributed by atoms with van der Waals surface area (Å²) in [5, 5.41) is 0. The maximum absolute atomic E-state index is 13.0. The molecule has 0 atom stereocenters. The average Bonchev–Trinajstić information content (AvgIpc) is 2.44. The first-order valence-corrected chi connectivity index (χ1v) is 6.84. The third kappa shape index (κ3) is 1.47. The van der Waals surface area contributed by atoms with Gasteiger partial charge in [-0.3, -0.25) is 0 Å². The van der Waals surface area contributed by atoms with Gasteiger partial charge in [0.25, 0.3) is 0 Å². The van der Waals surface area contributed by atoms with Gasteiger partial charge in [-0.1, -0.05) is 0 Å². The molecule has 1 aliphatic rings. The summed E-state index contributed by atoms with van der Waals surface area (Å²) in [6.45, 7) is 0. The summed E-state index contributed by atoms with van der Waals surface area (Å²) in [7, 11) is 0. The summed E-state index contributed by atoms with van der Waals surface area (Å²) in [6, 6.07) is 11.4. The van der Waals surface area contributed by atoms with Gasteiger partial charge < -0.3 is 0 Å². The van der Waals surface area contributed by atoms with Crippen LogP contribution >= 0.6 is 0 Å². The van der Waals surface area contributed by atoms with Crippen LogP contribution in [0.5, 0.6) is 0 Å². The van der Waals surface area contributed by atoms with Crippen LogP contribution in [0.25, 0.3) is 0 Å². The first-order chi connectivity index (χ1) is 8.74. The Bertz CT molecular complexity index is 679. The summed E-state index contributed by atoms with van der Waals surface area (Å²) >= 11 is -1.30. The number of hydrogen-bond acceptors (Lipinski definition) is 2. The van der Waals surface area contributed by atoms with Gasteiger partial charge in [-0.2, -0.15) is 0 Å². The van der Waals surface area contributed by atoms with Crippen LogP contribution in [-0.4, -0.2) is 27.0 Å². The van der Waals surface area contributed by atoms with E-state index in [4.69, 9.17) is 0 Å². The number of rotatable bonds is 1. The summed E-state index contributed by atoms with van der Waals surface area (Å²) < 4.78 is 13.3. The van der Waals surface area contributed by atoms with E-state index in [1.807, 2.05) is 0 Å². The van der Waals surface area contributed by atoms with Crippen molar-refractivity contribution in [1.29, 1.82) is 0 Å². The topological polar surface area (TPSA) is 34.1 Å². The van der Waals surface area contributed by atoms with Crippen molar-refractivity contribution in [2.75, 3.05) is 0 Å². The molecule has 88 valence electrons. The molecule has 0 saturated heterocycles. The Kier molecular flexibility index (Phi) is 2.62. The van der Waals surface area contributed by atoms with Crippen LogP contribution in [0.4, 0.5) is 3.55 Å². The summed E-state index contributed by atoms with van der Waals surface area (Å²) in [4.78, 5) is 24.6. The normalized spacial score (nSPS) is 13.2.